The maximum Gasteiger partial charge on any atom is 0.319 e. The normalized spacial score (nSPS) is 10.1. The van der Waals surface area contributed by atoms with Crippen LogP contribution in [-0.2, 0) is 6.54 Å². The first-order valence-corrected chi connectivity index (χ1v) is 6.18. The van der Waals surface area contributed by atoms with E-state index in [4.69, 9.17) is 0 Å². The summed E-state index contributed by atoms with van der Waals surface area (Å²) in [6.45, 7) is 2.91. The van der Waals surface area contributed by atoms with E-state index in [2.05, 4.69) is 15.9 Å². The van der Waals surface area contributed by atoms with Crippen LogP contribution in [0.25, 0.3) is 0 Å². The zero-order valence-corrected chi connectivity index (χ0v) is 11.9. The number of halogens is 1. The largest absolute Gasteiger partial charge is 0.508 e. The molecular formula is C12H17BrN2O2. The monoisotopic (exact) mass is 300 g/mol. The summed E-state index contributed by atoms with van der Waals surface area (Å²) in [7, 11) is 3.43. The van der Waals surface area contributed by atoms with Gasteiger partial charge in [0.2, 0.25) is 0 Å². The number of hydrogen-bond donors (Lipinski definition) is 1. The maximum atomic E-state index is 11.8. The van der Waals surface area contributed by atoms with Crippen molar-refractivity contribution in [1.82, 2.24) is 9.80 Å². The molecule has 5 heteroatoms. The lowest BCUT2D eigenvalue weighted by molar-refractivity contribution is 0.170. The third kappa shape index (κ3) is 3.63. The Balaban J connectivity index is 2.87. The lowest BCUT2D eigenvalue weighted by Gasteiger charge is -2.25. The van der Waals surface area contributed by atoms with Crippen LogP contribution in [0, 0.1) is 0 Å². The smallest absolute Gasteiger partial charge is 0.319 e. The number of amides is 2. The summed E-state index contributed by atoms with van der Waals surface area (Å²) in [6.07, 6.45) is 0. The summed E-state index contributed by atoms with van der Waals surface area (Å²) in [5, 5.41) is 9.73. The van der Waals surface area contributed by atoms with Crippen LogP contribution < -0.4 is 0 Å². The molecule has 0 aliphatic rings. The van der Waals surface area contributed by atoms with Crippen LogP contribution in [0.15, 0.2) is 22.7 Å². The number of phenolic OH excluding ortho intramolecular Hbond substituents is 1. The van der Waals surface area contributed by atoms with E-state index >= 15 is 0 Å². The number of hydrogen-bond acceptors (Lipinski definition) is 2. The minimum Gasteiger partial charge on any atom is -0.508 e. The molecule has 0 bridgehead atoms. The highest BCUT2D eigenvalue weighted by molar-refractivity contribution is 9.10. The van der Waals surface area contributed by atoms with Crippen molar-refractivity contribution in [3.8, 4) is 5.75 Å². The predicted molar refractivity (Wildman–Crippen MR) is 71.0 cm³/mol. The van der Waals surface area contributed by atoms with Gasteiger partial charge in [-0.2, -0.15) is 0 Å². The highest BCUT2D eigenvalue weighted by Crippen LogP contribution is 2.23. The molecule has 0 aromatic heterocycles. The van der Waals surface area contributed by atoms with Gasteiger partial charge < -0.3 is 14.9 Å². The molecule has 1 rings (SSSR count). The lowest BCUT2D eigenvalue weighted by Crippen LogP contribution is -2.38. The fourth-order valence-corrected chi connectivity index (χ4v) is 1.89. The van der Waals surface area contributed by atoms with Crippen LogP contribution in [0.5, 0.6) is 5.75 Å². The summed E-state index contributed by atoms with van der Waals surface area (Å²) in [4.78, 5) is 15.0. The van der Waals surface area contributed by atoms with Crippen LogP contribution in [0.4, 0.5) is 4.79 Å². The van der Waals surface area contributed by atoms with Crippen LogP contribution in [-0.4, -0.2) is 41.6 Å². The number of carbonyl (C=O) groups excluding carboxylic acids is 1. The zero-order valence-electron chi connectivity index (χ0n) is 10.3. The molecular weight excluding hydrogens is 284 g/mol. The Morgan fingerprint density at radius 1 is 1.41 bits per heavy atom. The van der Waals surface area contributed by atoms with Crippen molar-refractivity contribution in [3.05, 3.63) is 28.2 Å². The van der Waals surface area contributed by atoms with E-state index in [1.54, 1.807) is 31.1 Å². The molecule has 1 aromatic rings. The van der Waals surface area contributed by atoms with Crippen molar-refractivity contribution < 1.29 is 9.90 Å². The number of benzene rings is 1. The molecule has 17 heavy (non-hydrogen) atoms. The number of nitrogens with zero attached hydrogens (tertiary/aromatic N) is 2. The zero-order chi connectivity index (χ0) is 13.0. The molecule has 0 radical (unpaired) electrons. The SMILES string of the molecule is CCN(Cc1cc(Br)ccc1O)C(=O)N(C)C. The number of aromatic hydroxyl groups is 1. The van der Waals surface area contributed by atoms with Gasteiger partial charge in [0, 0.05) is 30.7 Å². The summed E-state index contributed by atoms with van der Waals surface area (Å²) in [6, 6.07) is 5.14. The minimum absolute atomic E-state index is 0.0631. The van der Waals surface area contributed by atoms with Gasteiger partial charge in [0.25, 0.3) is 0 Å². The van der Waals surface area contributed by atoms with E-state index in [1.165, 1.54) is 4.90 Å². The van der Waals surface area contributed by atoms with Gasteiger partial charge in [-0.25, -0.2) is 4.79 Å². The van der Waals surface area contributed by atoms with Gasteiger partial charge in [-0.1, -0.05) is 15.9 Å². The molecule has 0 unspecified atom stereocenters. The third-order valence-corrected chi connectivity index (χ3v) is 2.93. The molecule has 1 N–H and O–H groups in total. The van der Waals surface area contributed by atoms with Crippen molar-refractivity contribution >= 4 is 22.0 Å². The first-order chi connectivity index (χ1) is 7.95. The Morgan fingerprint density at radius 2 is 2.06 bits per heavy atom. The highest BCUT2D eigenvalue weighted by atomic mass is 79.9. The van der Waals surface area contributed by atoms with Gasteiger partial charge in [-0.3, -0.25) is 0 Å². The number of carbonyl (C=O) groups is 1. The molecule has 0 saturated heterocycles. The fraction of sp³-hybridized carbons (Fsp3) is 0.417. The molecule has 0 aliphatic carbocycles. The van der Waals surface area contributed by atoms with Gasteiger partial charge in [0.05, 0.1) is 6.54 Å². The molecule has 4 nitrogen and oxygen atoms in total. The summed E-state index contributed by atoms with van der Waals surface area (Å²) in [5.74, 6) is 0.207. The Labute approximate surface area is 110 Å². The molecule has 2 amide bonds. The summed E-state index contributed by atoms with van der Waals surface area (Å²) in [5.41, 5.74) is 0.733. The van der Waals surface area contributed by atoms with Gasteiger partial charge in [0.15, 0.2) is 0 Å². The molecule has 0 atom stereocenters. The van der Waals surface area contributed by atoms with Crippen LogP contribution >= 0.6 is 15.9 Å². The quantitative estimate of drug-likeness (QED) is 0.933. The number of urea groups is 1. The Hall–Kier alpha value is -1.23. The van der Waals surface area contributed by atoms with Crippen LogP contribution in [0.3, 0.4) is 0 Å². The van der Waals surface area contributed by atoms with Crippen LogP contribution in [0.2, 0.25) is 0 Å². The maximum absolute atomic E-state index is 11.8. The fourth-order valence-electron chi connectivity index (χ4n) is 1.48. The van der Waals surface area contributed by atoms with E-state index in [9.17, 15) is 9.90 Å². The van der Waals surface area contributed by atoms with Crippen molar-refractivity contribution in [2.45, 2.75) is 13.5 Å². The van der Waals surface area contributed by atoms with Gasteiger partial charge >= 0.3 is 6.03 Å². The van der Waals surface area contributed by atoms with E-state index in [0.29, 0.717) is 13.1 Å². The van der Waals surface area contributed by atoms with Gasteiger partial charge in [-0.05, 0) is 25.1 Å². The second kappa shape index (κ2) is 5.91. The molecule has 0 fully saturated rings. The average Bonchev–Trinajstić information content (AvgIpc) is 2.29. The predicted octanol–water partition coefficient (Wildman–Crippen LogP) is 2.66. The van der Waals surface area contributed by atoms with Crippen molar-refractivity contribution in [2.75, 3.05) is 20.6 Å². The van der Waals surface area contributed by atoms with E-state index in [0.717, 1.165) is 10.0 Å². The standard InChI is InChI=1S/C12H17BrN2O2/c1-4-15(12(17)14(2)3)8-9-7-10(13)5-6-11(9)16/h5-7,16H,4,8H2,1-3H3. The summed E-state index contributed by atoms with van der Waals surface area (Å²) >= 11 is 3.35. The second-order valence-electron chi connectivity index (χ2n) is 3.96. The lowest BCUT2D eigenvalue weighted by atomic mass is 10.2. The number of phenols is 1. The van der Waals surface area contributed by atoms with Crippen molar-refractivity contribution in [3.63, 3.8) is 0 Å². The molecule has 0 heterocycles. The molecule has 0 saturated carbocycles. The molecule has 0 aliphatic heterocycles. The molecule has 94 valence electrons. The van der Waals surface area contributed by atoms with Crippen molar-refractivity contribution in [1.29, 1.82) is 0 Å². The first-order valence-electron chi connectivity index (χ1n) is 5.39. The highest BCUT2D eigenvalue weighted by Gasteiger charge is 2.15. The summed E-state index contributed by atoms with van der Waals surface area (Å²) < 4.78 is 0.888. The molecule has 1 aromatic carbocycles. The third-order valence-electron chi connectivity index (χ3n) is 2.44. The topological polar surface area (TPSA) is 43.8 Å². The Kier molecular flexibility index (Phi) is 4.81. The molecule has 0 spiro atoms. The Bertz CT molecular complexity index is 407. The average molecular weight is 301 g/mol. The van der Waals surface area contributed by atoms with Crippen LogP contribution in [0.1, 0.15) is 12.5 Å². The van der Waals surface area contributed by atoms with Gasteiger partial charge in [-0.15, -0.1) is 0 Å². The van der Waals surface area contributed by atoms with E-state index in [1.807, 2.05) is 13.0 Å². The number of rotatable bonds is 3. The van der Waals surface area contributed by atoms with E-state index in [-0.39, 0.29) is 11.8 Å². The Morgan fingerprint density at radius 3 is 2.59 bits per heavy atom. The second-order valence-corrected chi connectivity index (χ2v) is 4.88. The van der Waals surface area contributed by atoms with E-state index < -0.39 is 0 Å². The van der Waals surface area contributed by atoms with Gasteiger partial charge in [0.1, 0.15) is 5.75 Å². The van der Waals surface area contributed by atoms with Crippen molar-refractivity contribution in [2.24, 2.45) is 0 Å². The first kappa shape index (κ1) is 13.8. The minimum atomic E-state index is -0.0631.